The number of amides is 2. The van der Waals surface area contributed by atoms with Crippen molar-refractivity contribution in [1.82, 2.24) is 14.8 Å². The number of carbonyl (C=O) groups excluding carboxylic acids is 2. The van der Waals surface area contributed by atoms with Gasteiger partial charge in [-0.2, -0.15) is 0 Å². The number of thioether (sulfide) groups is 1. The SMILES string of the molecule is CCc1cccc(C)c1NC(=O)CSc1nnc(CC(=O)Nc2ccc(C)c(Cl)c2)n1CC. The van der Waals surface area contributed by atoms with Crippen molar-refractivity contribution in [1.29, 1.82) is 0 Å². The molecule has 7 nitrogen and oxygen atoms in total. The third-order valence-corrected chi connectivity index (χ3v) is 6.59. The van der Waals surface area contributed by atoms with Gasteiger partial charge in [0.05, 0.1) is 12.2 Å². The minimum absolute atomic E-state index is 0.0716. The van der Waals surface area contributed by atoms with Gasteiger partial charge in [-0.05, 0) is 56.0 Å². The summed E-state index contributed by atoms with van der Waals surface area (Å²) in [7, 11) is 0. The monoisotopic (exact) mass is 485 g/mol. The first-order valence-electron chi connectivity index (χ1n) is 10.8. The van der Waals surface area contributed by atoms with Gasteiger partial charge in [-0.15, -0.1) is 10.2 Å². The van der Waals surface area contributed by atoms with Gasteiger partial charge >= 0.3 is 0 Å². The zero-order chi connectivity index (χ0) is 24.0. The van der Waals surface area contributed by atoms with E-state index in [0.717, 1.165) is 28.8 Å². The Hall–Kier alpha value is -2.84. The van der Waals surface area contributed by atoms with E-state index in [1.807, 2.05) is 55.7 Å². The van der Waals surface area contributed by atoms with E-state index in [9.17, 15) is 9.59 Å². The molecule has 9 heteroatoms. The topological polar surface area (TPSA) is 88.9 Å². The van der Waals surface area contributed by atoms with Crippen molar-refractivity contribution in [3.63, 3.8) is 0 Å². The largest absolute Gasteiger partial charge is 0.326 e. The molecule has 0 saturated heterocycles. The van der Waals surface area contributed by atoms with Crippen LogP contribution in [0.3, 0.4) is 0 Å². The summed E-state index contributed by atoms with van der Waals surface area (Å²) in [6.45, 7) is 8.50. The first-order valence-corrected chi connectivity index (χ1v) is 12.2. The lowest BCUT2D eigenvalue weighted by atomic mass is 10.1. The number of aromatic nitrogens is 3. The van der Waals surface area contributed by atoms with Crippen LogP contribution in [0.15, 0.2) is 41.6 Å². The fraction of sp³-hybridized carbons (Fsp3) is 0.333. The summed E-state index contributed by atoms with van der Waals surface area (Å²) in [5, 5.41) is 15.4. The lowest BCUT2D eigenvalue weighted by Crippen LogP contribution is -2.18. The predicted molar refractivity (Wildman–Crippen MR) is 134 cm³/mol. The van der Waals surface area contributed by atoms with E-state index in [0.29, 0.717) is 28.2 Å². The van der Waals surface area contributed by atoms with Gasteiger partial charge in [0, 0.05) is 22.9 Å². The summed E-state index contributed by atoms with van der Waals surface area (Å²) in [4.78, 5) is 25.1. The van der Waals surface area contributed by atoms with Crippen molar-refractivity contribution in [2.75, 3.05) is 16.4 Å². The van der Waals surface area contributed by atoms with Gasteiger partial charge in [0.25, 0.3) is 0 Å². The molecule has 3 aromatic rings. The first kappa shape index (κ1) is 24.8. The quantitative estimate of drug-likeness (QED) is 0.414. The van der Waals surface area contributed by atoms with Crippen LogP contribution in [0.2, 0.25) is 5.02 Å². The normalized spacial score (nSPS) is 10.8. The van der Waals surface area contributed by atoms with Gasteiger partial charge in [-0.1, -0.05) is 54.6 Å². The van der Waals surface area contributed by atoms with Crippen LogP contribution in [-0.2, 0) is 29.0 Å². The van der Waals surface area contributed by atoms with E-state index in [1.54, 1.807) is 6.07 Å². The Balaban J connectivity index is 1.61. The highest BCUT2D eigenvalue weighted by Gasteiger charge is 2.17. The number of hydrogen-bond acceptors (Lipinski definition) is 5. The van der Waals surface area contributed by atoms with E-state index in [2.05, 4.69) is 27.8 Å². The first-order chi connectivity index (χ1) is 15.8. The van der Waals surface area contributed by atoms with Crippen LogP contribution in [0.25, 0.3) is 0 Å². The summed E-state index contributed by atoms with van der Waals surface area (Å²) in [6, 6.07) is 11.4. The number of benzene rings is 2. The van der Waals surface area contributed by atoms with Crippen LogP contribution in [0, 0.1) is 13.8 Å². The molecule has 0 atom stereocenters. The van der Waals surface area contributed by atoms with Crippen LogP contribution in [0.4, 0.5) is 11.4 Å². The highest BCUT2D eigenvalue weighted by atomic mass is 35.5. The average molecular weight is 486 g/mol. The fourth-order valence-electron chi connectivity index (χ4n) is 3.40. The van der Waals surface area contributed by atoms with Crippen molar-refractivity contribution in [3.05, 3.63) is 63.9 Å². The number of aryl methyl sites for hydroxylation is 3. The van der Waals surface area contributed by atoms with Crippen molar-refractivity contribution < 1.29 is 9.59 Å². The number of rotatable bonds is 9. The molecule has 2 N–H and O–H groups in total. The second-order valence-electron chi connectivity index (χ2n) is 7.63. The number of nitrogens with zero attached hydrogens (tertiary/aromatic N) is 3. The Morgan fingerprint density at radius 3 is 2.52 bits per heavy atom. The second kappa shape index (κ2) is 11.3. The predicted octanol–water partition coefficient (Wildman–Crippen LogP) is 5.04. The molecular weight excluding hydrogens is 458 g/mol. The number of carbonyl (C=O) groups is 2. The van der Waals surface area contributed by atoms with Gasteiger partial charge in [-0.25, -0.2) is 0 Å². The van der Waals surface area contributed by atoms with Crippen LogP contribution >= 0.6 is 23.4 Å². The van der Waals surface area contributed by atoms with Crippen molar-refractivity contribution in [2.24, 2.45) is 0 Å². The van der Waals surface area contributed by atoms with E-state index in [1.165, 1.54) is 11.8 Å². The third-order valence-electron chi connectivity index (χ3n) is 5.22. The molecule has 0 aliphatic heterocycles. The molecule has 0 saturated carbocycles. The minimum Gasteiger partial charge on any atom is -0.326 e. The summed E-state index contributed by atoms with van der Waals surface area (Å²) in [6.07, 6.45) is 0.914. The fourth-order valence-corrected chi connectivity index (χ4v) is 4.40. The second-order valence-corrected chi connectivity index (χ2v) is 8.98. The summed E-state index contributed by atoms with van der Waals surface area (Å²) >= 11 is 7.43. The number of hydrogen-bond donors (Lipinski definition) is 2. The highest BCUT2D eigenvalue weighted by molar-refractivity contribution is 7.99. The van der Waals surface area contributed by atoms with Gasteiger partial charge in [0.1, 0.15) is 5.82 Å². The zero-order valence-electron chi connectivity index (χ0n) is 19.2. The van der Waals surface area contributed by atoms with Crippen LogP contribution < -0.4 is 10.6 Å². The lowest BCUT2D eigenvalue weighted by Gasteiger charge is -2.13. The Morgan fingerprint density at radius 2 is 1.82 bits per heavy atom. The standard InChI is InChI=1S/C24H28ClN5O2S/c1-5-17-9-7-8-16(4)23(17)27-22(32)14-33-24-29-28-20(30(24)6-2)13-21(31)26-18-11-10-15(3)19(25)12-18/h7-12H,5-6,13-14H2,1-4H3,(H,26,31)(H,27,32). The van der Waals surface area contributed by atoms with Crippen LogP contribution in [0.5, 0.6) is 0 Å². The summed E-state index contributed by atoms with van der Waals surface area (Å²) in [5.74, 6) is 0.426. The molecule has 2 aromatic carbocycles. The Morgan fingerprint density at radius 1 is 1.03 bits per heavy atom. The molecule has 0 spiro atoms. The van der Waals surface area contributed by atoms with E-state index < -0.39 is 0 Å². The Labute approximate surface area is 203 Å². The molecule has 0 bridgehead atoms. The van der Waals surface area contributed by atoms with Gasteiger partial charge in [0.15, 0.2) is 5.16 Å². The van der Waals surface area contributed by atoms with E-state index in [-0.39, 0.29) is 24.0 Å². The molecule has 0 fully saturated rings. The summed E-state index contributed by atoms with van der Waals surface area (Å²) < 4.78 is 1.85. The maximum atomic E-state index is 12.6. The minimum atomic E-state index is -0.210. The van der Waals surface area contributed by atoms with Gasteiger partial charge in [-0.3, -0.25) is 9.59 Å². The maximum absolute atomic E-state index is 12.6. The number of halogens is 1. The third kappa shape index (κ3) is 6.36. The van der Waals surface area contributed by atoms with Crippen molar-refractivity contribution >= 4 is 46.6 Å². The number of para-hydroxylation sites is 1. The molecule has 1 heterocycles. The van der Waals surface area contributed by atoms with Crippen molar-refractivity contribution in [2.45, 2.75) is 52.2 Å². The molecular formula is C24H28ClN5O2S. The zero-order valence-corrected chi connectivity index (χ0v) is 20.8. The molecule has 0 aliphatic rings. The van der Waals surface area contributed by atoms with E-state index in [4.69, 9.17) is 11.6 Å². The molecule has 174 valence electrons. The maximum Gasteiger partial charge on any atom is 0.234 e. The molecule has 0 aliphatic carbocycles. The average Bonchev–Trinajstić information content (AvgIpc) is 3.17. The Bertz CT molecular complexity index is 1160. The van der Waals surface area contributed by atoms with Gasteiger partial charge in [0.2, 0.25) is 11.8 Å². The van der Waals surface area contributed by atoms with Crippen LogP contribution in [0.1, 0.15) is 36.4 Å². The highest BCUT2D eigenvalue weighted by Crippen LogP contribution is 2.23. The Kier molecular flexibility index (Phi) is 8.52. The van der Waals surface area contributed by atoms with E-state index >= 15 is 0 Å². The lowest BCUT2D eigenvalue weighted by molar-refractivity contribution is -0.116. The molecule has 33 heavy (non-hydrogen) atoms. The molecule has 2 amide bonds. The molecule has 1 aromatic heterocycles. The van der Waals surface area contributed by atoms with Crippen molar-refractivity contribution in [3.8, 4) is 0 Å². The molecule has 3 rings (SSSR count). The molecule has 0 radical (unpaired) electrons. The summed E-state index contributed by atoms with van der Waals surface area (Å²) in [5.41, 5.74) is 4.59. The number of anilines is 2. The molecule has 0 unspecified atom stereocenters. The smallest absolute Gasteiger partial charge is 0.234 e. The van der Waals surface area contributed by atoms with Gasteiger partial charge < -0.3 is 15.2 Å². The van der Waals surface area contributed by atoms with Crippen LogP contribution in [-0.4, -0.2) is 32.3 Å². The number of nitrogens with one attached hydrogen (secondary N) is 2.